The van der Waals surface area contributed by atoms with E-state index in [4.69, 9.17) is 21.6 Å². The molecule has 0 N–H and O–H groups in total. The van der Waals surface area contributed by atoms with Crippen LogP contribution in [0.1, 0.15) is 5.56 Å². The summed E-state index contributed by atoms with van der Waals surface area (Å²) in [4.78, 5) is 0.107. The lowest BCUT2D eigenvalue weighted by Crippen LogP contribution is -2.14. The number of nitriles is 1. The van der Waals surface area contributed by atoms with E-state index in [1.54, 1.807) is 36.4 Å². The van der Waals surface area contributed by atoms with Gasteiger partial charge in [0, 0.05) is 0 Å². The summed E-state index contributed by atoms with van der Waals surface area (Å²) in [5.41, 5.74) is 0.519. The van der Waals surface area contributed by atoms with Gasteiger partial charge in [0.05, 0.1) is 27.3 Å². The van der Waals surface area contributed by atoms with Crippen LogP contribution in [0.25, 0.3) is 0 Å². The highest BCUT2D eigenvalue weighted by atomic mass is 35.5. The van der Waals surface area contributed by atoms with Crippen molar-refractivity contribution in [2.24, 2.45) is 0 Å². The second kappa shape index (κ2) is 6.61. The van der Waals surface area contributed by atoms with Crippen molar-refractivity contribution in [3.8, 4) is 11.8 Å². The first-order valence-electron chi connectivity index (χ1n) is 6.13. The Morgan fingerprint density at radius 3 is 2.38 bits per heavy atom. The van der Waals surface area contributed by atoms with E-state index in [0.29, 0.717) is 11.3 Å². The topological polar surface area (TPSA) is 67.2 Å². The Kier molecular flexibility index (Phi) is 4.84. The SMILES string of the molecule is N#Cc1ccc(OCCS(=O)(=O)c2ccccc2Cl)cc1. The summed E-state index contributed by atoms with van der Waals surface area (Å²) < 4.78 is 29.6. The van der Waals surface area contributed by atoms with Crippen molar-refractivity contribution in [3.05, 3.63) is 59.1 Å². The molecule has 0 aromatic heterocycles. The summed E-state index contributed by atoms with van der Waals surface area (Å²) in [7, 11) is -3.48. The fraction of sp³-hybridized carbons (Fsp3) is 0.133. The lowest BCUT2D eigenvalue weighted by atomic mass is 10.2. The maximum atomic E-state index is 12.1. The van der Waals surface area contributed by atoms with E-state index in [1.165, 1.54) is 12.1 Å². The van der Waals surface area contributed by atoms with Gasteiger partial charge in [-0.3, -0.25) is 0 Å². The molecule has 21 heavy (non-hydrogen) atoms. The number of ether oxygens (including phenoxy) is 1. The predicted octanol–water partition coefficient (Wildman–Crippen LogP) is 3.06. The molecule has 0 unspecified atom stereocenters. The molecule has 4 nitrogen and oxygen atoms in total. The summed E-state index contributed by atoms with van der Waals surface area (Å²) in [5.74, 6) is 0.347. The minimum atomic E-state index is -3.48. The van der Waals surface area contributed by atoms with Crippen LogP contribution in [-0.2, 0) is 9.84 Å². The number of rotatable bonds is 5. The van der Waals surface area contributed by atoms with Crippen molar-refractivity contribution in [3.63, 3.8) is 0 Å². The number of hydrogen-bond donors (Lipinski definition) is 0. The van der Waals surface area contributed by atoms with Crippen molar-refractivity contribution in [1.82, 2.24) is 0 Å². The summed E-state index contributed by atoms with van der Waals surface area (Å²) in [6.45, 7) is 0.0133. The van der Waals surface area contributed by atoms with Crippen LogP contribution in [0.2, 0.25) is 5.02 Å². The van der Waals surface area contributed by atoms with Gasteiger partial charge in [-0.1, -0.05) is 23.7 Å². The van der Waals surface area contributed by atoms with Crippen molar-refractivity contribution < 1.29 is 13.2 Å². The summed E-state index contributed by atoms with van der Waals surface area (Å²) in [6, 6.07) is 14.8. The molecular weight excluding hydrogens is 310 g/mol. The standard InChI is InChI=1S/C15H12ClNO3S/c16-14-3-1-2-4-15(14)21(18,19)10-9-20-13-7-5-12(11-17)6-8-13/h1-8H,9-10H2. The smallest absolute Gasteiger partial charge is 0.183 e. The van der Waals surface area contributed by atoms with Gasteiger partial charge in [-0.15, -0.1) is 0 Å². The Bertz CT molecular complexity index is 764. The normalized spacial score (nSPS) is 10.9. The molecule has 0 saturated heterocycles. The Labute approximate surface area is 128 Å². The molecule has 2 aromatic carbocycles. The van der Waals surface area contributed by atoms with Crippen molar-refractivity contribution in [2.45, 2.75) is 4.90 Å². The number of sulfone groups is 1. The van der Waals surface area contributed by atoms with Gasteiger partial charge in [0.15, 0.2) is 9.84 Å². The maximum absolute atomic E-state index is 12.1. The summed E-state index contributed by atoms with van der Waals surface area (Å²) >= 11 is 5.89. The molecule has 0 aliphatic heterocycles. The van der Waals surface area contributed by atoms with Crippen molar-refractivity contribution in [2.75, 3.05) is 12.4 Å². The molecule has 0 radical (unpaired) electrons. The number of nitrogens with zero attached hydrogens (tertiary/aromatic N) is 1. The van der Waals surface area contributed by atoms with E-state index in [-0.39, 0.29) is 22.3 Å². The molecule has 0 fully saturated rings. The Balaban J connectivity index is 1.99. The molecule has 0 aliphatic carbocycles. The fourth-order valence-electron chi connectivity index (χ4n) is 1.70. The molecular formula is C15H12ClNO3S. The molecule has 0 heterocycles. The molecule has 2 aromatic rings. The van der Waals surface area contributed by atoms with E-state index >= 15 is 0 Å². The Morgan fingerprint density at radius 2 is 1.76 bits per heavy atom. The molecule has 108 valence electrons. The Hall–Kier alpha value is -2.03. The third-order valence-corrected chi connectivity index (χ3v) is 4.95. The third-order valence-electron chi connectivity index (χ3n) is 2.78. The van der Waals surface area contributed by atoms with Gasteiger partial charge in [0.1, 0.15) is 12.4 Å². The number of hydrogen-bond acceptors (Lipinski definition) is 4. The van der Waals surface area contributed by atoms with Gasteiger partial charge in [-0.25, -0.2) is 8.42 Å². The van der Waals surface area contributed by atoms with E-state index in [9.17, 15) is 8.42 Å². The molecule has 0 bridgehead atoms. The number of benzene rings is 2. The molecule has 0 atom stereocenters. The van der Waals surface area contributed by atoms with Crippen LogP contribution in [-0.4, -0.2) is 20.8 Å². The highest BCUT2D eigenvalue weighted by Crippen LogP contribution is 2.21. The van der Waals surface area contributed by atoms with Crippen LogP contribution in [0, 0.1) is 11.3 Å². The molecule has 0 spiro atoms. The van der Waals surface area contributed by atoms with Gasteiger partial charge in [0.25, 0.3) is 0 Å². The van der Waals surface area contributed by atoms with Gasteiger partial charge in [0.2, 0.25) is 0 Å². The van der Waals surface area contributed by atoms with Gasteiger partial charge < -0.3 is 4.74 Å². The maximum Gasteiger partial charge on any atom is 0.183 e. The van der Waals surface area contributed by atoms with Crippen LogP contribution < -0.4 is 4.74 Å². The van der Waals surface area contributed by atoms with Crippen molar-refractivity contribution in [1.29, 1.82) is 5.26 Å². The van der Waals surface area contributed by atoms with E-state index < -0.39 is 9.84 Å². The first-order valence-corrected chi connectivity index (χ1v) is 8.16. The van der Waals surface area contributed by atoms with Crippen LogP contribution in [0.3, 0.4) is 0 Å². The average molecular weight is 322 g/mol. The van der Waals surface area contributed by atoms with Crippen LogP contribution in [0.5, 0.6) is 5.75 Å². The van der Waals surface area contributed by atoms with Crippen LogP contribution >= 0.6 is 11.6 Å². The minimum absolute atomic E-state index is 0.0133. The first-order chi connectivity index (χ1) is 10.0. The molecule has 0 amide bonds. The second-order valence-electron chi connectivity index (χ2n) is 4.23. The lowest BCUT2D eigenvalue weighted by Gasteiger charge is -2.08. The fourth-order valence-corrected chi connectivity index (χ4v) is 3.36. The van der Waals surface area contributed by atoms with E-state index in [1.807, 2.05) is 6.07 Å². The number of halogens is 1. The zero-order chi connectivity index (χ0) is 15.3. The van der Waals surface area contributed by atoms with Crippen LogP contribution in [0.4, 0.5) is 0 Å². The van der Waals surface area contributed by atoms with Crippen molar-refractivity contribution >= 4 is 21.4 Å². The molecule has 0 aliphatic rings. The molecule has 2 rings (SSSR count). The molecule has 0 saturated carbocycles. The van der Waals surface area contributed by atoms with Gasteiger partial charge in [-0.05, 0) is 36.4 Å². The van der Waals surface area contributed by atoms with Gasteiger partial charge >= 0.3 is 0 Å². The highest BCUT2D eigenvalue weighted by molar-refractivity contribution is 7.91. The zero-order valence-corrected chi connectivity index (χ0v) is 12.6. The summed E-state index contributed by atoms with van der Waals surface area (Å²) in [6.07, 6.45) is 0. The first kappa shape index (κ1) is 15.4. The Morgan fingerprint density at radius 1 is 1.10 bits per heavy atom. The second-order valence-corrected chi connectivity index (χ2v) is 6.72. The zero-order valence-electron chi connectivity index (χ0n) is 11.0. The largest absolute Gasteiger partial charge is 0.493 e. The van der Waals surface area contributed by atoms with Gasteiger partial charge in [-0.2, -0.15) is 5.26 Å². The average Bonchev–Trinajstić information content (AvgIpc) is 2.48. The highest BCUT2D eigenvalue weighted by Gasteiger charge is 2.17. The lowest BCUT2D eigenvalue weighted by molar-refractivity contribution is 0.341. The predicted molar refractivity (Wildman–Crippen MR) is 80.2 cm³/mol. The monoisotopic (exact) mass is 321 g/mol. The molecule has 6 heteroatoms. The quantitative estimate of drug-likeness (QED) is 0.848. The van der Waals surface area contributed by atoms with E-state index in [2.05, 4.69) is 0 Å². The van der Waals surface area contributed by atoms with E-state index in [0.717, 1.165) is 0 Å². The third kappa shape index (κ3) is 3.97. The summed E-state index contributed by atoms with van der Waals surface area (Å²) in [5, 5.41) is 8.89. The van der Waals surface area contributed by atoms with Crippen LogP contribution in [0.15, 0.2) is 53.4 Å². The minimum Gasteiger partial charge on any atom is -0.493 e.